The maximum absolute atomic E-state index is 14.0. The van der Waals surface area contributed by atoms with Gasteiger partial charge in [0.25, 0.3) is 10.0 Å². The molecule has 16 heteroatoms. The molecule has 0 radical (unpaired) electrons. The van der Waals surface area contributed by atoms with Crippen molar-refractivity contribution in [3.05, 3.63) is 90.5 Å². The molecule has 2 unspecified atom stereocenters. The van der Waals surface area contributed by atoms with Gasteiger partial charge in [0.2, 0.25) is 0 Å². The van der Waals surface area contributed by atoms with Gasteiger partial charge in [-0.15, -0.1) is 0 Å². The lowest BCUT2D eigenvalue weighted by Gasteiger charge is -2.42. The molecule has 2 aliphatic heterocycles. The van der Waals surface area contributed by atoms with Crippen molar-refractivity contribution in [3.63, 3.8) is 0 Å². The summed E-state index contributed by atoms with van der Waals surface area (Å²) in [6.07, 6.45) is 6.92. The Kier molecular flexibility index (Phi) is 12.8. The van der Waals surface area contributed by atoms with E-state index in [1.165, 1.54) is 52.6 Å². The van der Waals surface area contributed by atoms with Crippen molar-refractivity contribution < 1.29 is 47.7 Å². The first-order valence-electron chi connectivity index (χ1n) is 17.2. The molecule has 0 aromatic heterocycles. The van der Waals surface area contributed by atoms with E-state index in [2.05, 4.69) is 89.8 Å². The van der Waals surface area contributed by atoms with Crippen LogP contribution in [0.1, 0.15) is 56.9 Å². The number of benzene rings is 3. The number of likely N-dealkylation sites (tertiary alicyclic amines) is 1. The van der Waals surface area contributed by atoms with Gasteiger partial charge in [-0.05, 0) is 92.6 Å². The molecule has 2 saturated heterocycles. The normalized spacial score (nSPS) is 21.2. The minimum atomic E-state index is -7.25. The predicted octanol–water partition coefficient (Wildman–Crippen LogP) is 7.96. The quantitative estimate of drug-likeness (QED) is 0.118. The third-order valence-corrected chi connectivity index (χ3v) is 14.9. The van der Waals surface area contributed by atoms with Gasteiger partial charge in [0.1, 0.15) is 0 Å². The van der Waals surface area contributed by atoms with Crippen LogP contribution < -0.4 is 0 Å². The van der Waals surface area contributed by atoms with E-state index in [0.29, 0.717) is 12.8 Å². The van der Waals surface area contributed by atoms with E-state index in [0.717, 1.165) is 19.4 Å². The number of halogens is 6. The average Bonchev–Trinajstić information content (AvgIpc) is 3.12. The van der Waals surface area contributed by atoms with Gasteiger partial charge in [-0.3, -0.25) is 4.90 Å². The van der Waals surface area contributed by atoms with Crippen molar-refractivity contribution in [2.75, 3.05) is 26.2 Å². The molecule has 286 valence electrons. The van der Waals surface area contributed by atoms with Crippen LogP contribution in [0.25, 0.3) is 0 Å². The van der Waals surface area contributed by atoms with Gasteiger partial charge in [-0.25, -0.2) is 16.8 Å². The summed E-state index contributed by atoms with van der Waals surface area (Å²) >= 11 is 0. The van der Waals surface area contributed by atoms with E-state index in [4.69, 9.17) is 0 Å². The fraction of sp³-hybridized carbons (Fsp3) is 0.500. The summed E-state index contributed by atoms with van der Waals surface area (Å²) in [6.45, 7) is 2.44. The van der Waals surface area contributed by atoms with Crippen LogP contribution in [0.15, 0.2) is 99.6 Å². The number of fused-ring (bicyclic) bond motifs is 1. The molecule has 0 N–H and O–H groups in total. The number of sulfonamides is 1. The molecule has 0 spiro atoms. The second kappa shape index (κ2) is 16.4. The van der Waals surface area contributed by atoms with Crippen LogP contribution in [0, 0.1) is 11.8 Å². The van der Waals surface area contributed by atoms with Crippen LogP contribution in [0.4, 0.5) is 26.3 Å². The Morgan fingerprint density at radius 3 is 1.73 bits per heavy atom. The van der Waals surface area contributed by atoms with Crippen LogP contribution in [0.5, 0.6) is 0 Å². The first-order valence-corrected chi connectivity index (χ1v) is 21.3. The summed E-state index contributed by atoms with van der Waals surface area (Å²) < 4.78 is 136. The Balaban J connectivity index is 0.000000201. The predicted molar refractivity (Wildman–Crippen MR) is 186 cm³/mol. The molecule has 52 heavy (non-hydrogen) atoms. The van der Waals surface area contributed by atoms with Gasteiger partial charge in [0.05, 0.1) is 10.9 Å². The van der Waals surface area contributed by atoms with Crippen LogP contribution >= 0.6 is 0 Å². The number of piperidine rings is 2. The highest BCUT2D eigenvalue weighted by molar-refractivity contribution is 7.97. The molecule has 2 heterocycles. The van der Waals surface area contributed by atoms with E-state index >= 15 is 0 Å². The standard InChI is InChI=1S/C24H26NS.C12H17F6NO5S2/c1-4-12-22(13-5-1)26(23-14-6-2-7-15-23)24-16-10-11-21(19-24)20-25-17-8-3-9-18-25;13-10(14,12(17,18)26(22,23)24)11(15,16)25(20,21)19-6-5-8-3-1-2-4-9(8)7-19/h1-2,4-7,10-16,19H,3,8-9,17-18,20H2;8-9H,1-7H2,(H,22,23,24)/q+1;/p-1. The molecular weight excluding hydrogens is 751 g/mol. The average molecular weight is 793 g/mol. The van der Waals surface area contributed by atoms with Gasteiger partial charge in [0.15, 0.2) is 24.8 Å². The van der Waals surface area contributed by atoms with Crippen molar-refractivity contribution in [1.82, 2.24) is 9.21 Å². The van der Waals surface area contributed by atoms with E-state index in [-0.39, 0.29) is 33.5 Å². The Bertz CT molecular complexity index is 1810. The van der Waals surface area contributed by atoms with Crippen LogP contribution in [-0.4, -0.2) is 73.2 Å². The molecule has 3 aromatic rings. The third-order valence-electron chi connectivity index (χ3n) is 9.91. The van der Waals surface area contributed by atoms with Gasteiger partial charge >= 0.3 is 16.4 Å². The second-order valence-electron chi connectivity index (χ2n) is 13.4. The SMILES string of the molecule is O=S(=O)([O-])C(F)(F)C(F)(F)C(F)(F)S(=O)(=O)N1CCC2CCCCC2C1.c1ccc([S+](c2ccccc2)c2cccc(CN3CCCCC3)c2)cc1. The first-order chi connectivity index (χ1) is 24.5. The summed E-state index contributed by atoms with van der Waals surface area (Å²) in [7, 11) is -13.6. The Labute approximate surface area is 304 Å². The van der Waals surface area contributed by atoms with Gasteiger partial charge in [0, 0.05) is 19.6 Å². The molecule has 3 aliphatic rings. The molecule has 1 aliphatic carbocycles. The highest BCUT2D eigenvalue weighted by Gasteiger charge is 2.80. The van der Waals surface area contributed by atoms with E-state index < -0.39 is 49.7 Å². The lowest BCUT2D eigenvalue weighted by Crippen LogP contribution is -2.64. The zero-order valence-electron chi connectivity index (χ0n) is 28.4. The number of hydrogen-bond donors (Lipinski definition) is 0. The summed E-state index contributed by atoms with van der Waals surface area (Å²) in [5, 5.41) is -13.3. The number of alkyl halides is 6. The van der Waals surface area contributed by atoms with Gasteiger partial charge < -0.3 is 4.55 Å². The topological polar surface area (TPSA) is 97.8 Å². The van der Waals surface area contributed by atoms with Crippen molar-refractivity contribution in [3.8, 4) is 0 Å². The van der Waals surface area contributed by atoms with E-state index in [1.54, 1.807) is 0 Å². The fourth-order valence-electron chi connectivity index (χ4n) is 7.10. The summed E-state index contributed by atoms with van der Waals surface area (Å²) in [5.74, 6) is -7.30. The van der Waals surface area contributed by atoms with Gasteiger partial charge in [-0.2, -0.15) is 30.6 Å². The van der Waals surface area contributed by atoms with Crippen LogP contribution in [0.2, 0.25) is 0 Å². The molecule has 6 rings (SSSR count). The third kappa shape index (κ3) is 8.51. The zero-order valence-corrected chi connectivity index (χ0v) is 30.8. The molecular formula is C36H42F6N2O5S3. The number of nitrogens with zero attached hydrogens (tertiary/aromatic N) is 2. The molecule has 3 aromatic carbocycles. The molecule has 0 amide bonds. The van der Waals surface area contributed by atoms with Crippen molar-refractivity contribution in [2.45, 2.75) is 89.0 Å². The first kappa shape index (κ1) is 40.6. The minimum Gasteiger partial charge on any atom is -0.743 e. The molecule has 3 fully saturated rings. The van der Waals surface area contributed by atoms with E-state index in [9.17, 15) is 47.7 Å². The number of rotatable bonds is 10. The smallest absolute Gasteiger partial charge is 0.428 e. The summed E-state index contributed by atoms with van der Waals surface area (Å²) in [4.78, 5) is 6.78. The van der Waals surface area contributed by atoms with Crippen molar-refractivity contribution >= 4 is 31.0 Å². The molecule has 1 saturated carbocycles. The molecule has 7 nitrogen and oxygen atoms in total. The minimum absolute atomic E-state index is 0.0130. The van der Waals surface area contributed by atoms with Gasteiger partial charge in [-0.1, -0.05) is 74.2 Å². The van der Waals surface area contributed by atoms with Crippen molar-refractivity contribution in [1.29, 1.82) is 0 Å². The maximum atomic E-state index is 14.0. The summed E-state index contributed by atoms with van der Waals surface area (Å²) in [5.41, 5.74) is 1.44. The number of hydrogen-bond acceptors (Lipinski definition) is 6. The monoisotopic (exact) mass is 792 g/mol. The molecule has 0 bridgehead atoms. The summed E-state index contributed by atoms with van der Waals surface area (Å²) in [6, 6.07) is 31.1. The van der Waals surface area contributed by atoms with Crippen LogP contribution in [-0.2, 0) is 37.6 Å². The van der Waals surface area contributed by atoms with Crippen molar-refractivity contribution in [2.24, 2.45) is 11.8 Å². The Morgan fingerprint density at radius 1 is 0.635 bits per heavy atom. The highest BCUT2D eigenvalue weighted by Crippen LogP contribution is 2.52. The Morgan fingerprint density at radius 2 is 1.17 bits per heavy atom. The second-order valence-corrected chi connectivity index (χ2v) is 18.9. The van der Waals surface area contributed by atoms with E-state index in [1.807, 2.05) is 0 Å². The maximum Gasteiger partial charge on any atom is 0.428 e. The lowest BCUT2D eigenvalue weighted by atomic mass is 9.76. The lowest BCUT2D eigenvalue weighted by molar-refractivity contribution is -0.247. The van der Waals surface area contributed by atoms with Crippen LogP contribution in [0.3, 0.4) is 0 Å². The fourth-order valence-corrected chi connectivity index (χ4v) is 11.3. The largest absolute Gasteiger partial charge is 0.743 e. The Hall–Kier alpha value is -2.63. The highest BCUT2D eigenvalue weighted by atomic mass is 32.2. The zero-order chi connectivity index (χ0) is 37.8. The molecule has 2 atom stereocenters.